The number of hydrogen-bond acceptors (Lipinski definition) is 4. The predicted molar refractivity (Wildman–Crippen MR) is 77.6 cm³/mol. The van der Waals surface area contributed by atoms with Gasteiger partial charge in [-0.1, -0.05) is 12.1 Å². The Balaban J connectivity index is 1.65. The molecule has 2 rings (SSSR count). The monoisotopic (exact) mass is 276 g/mol. The number of carbonyl (C=O) groups is 1. The Bertz CT molecular complexity index is 509. The van der Waals surface area contributed by atoms with Gasteiger partial charge < -0.3 is 15.5 Å². The van der Waals surface area contributed by atoms with Crippen molar-refractivity contribution in [1.82, 2.24) is 5.32 Å². The van der Waals surface area contributed by atoms with Crippen molar-refractivity contribution >= 4 is 23.4 Å². The zero-order valence-electron chi connectivity index (χ0n) is 10.5. The van der Waals surface area contributed by atoms with Gasteiger partial charge in [0.15, 0.2) is 0 Å². The van der Waals surface area contributed by atoms with Crippen LogP contribution in [-0.4, -0.2) is 11.7 Å². The molecule has 100 valence electrons. The summed E-state index contributed by atoms with van der Waals surface area (Å²) in [4.78, 5) is 11.6. The third-order valence-corrected chi connectivity index (χ3v) is 3.53. The van der Waals surface area contributed by atoms with Crippen LogP contribution in [0, 0.1) is 0 Å². The molecule has 0 aliphatic heterocycles. The molecular weight excluding hydrogens is 260 g/mol. The third kappa shape index (κ3) is 4.71. The van der Waals surface area contributed by atoms with E-state index in [1.54, 1.807) is 24.1 Å². The lowest BCUT2D eigenvalue weighted by Crippen LogP contribution is -2.24. The molecule has 5 heteroatoms. The summed E-state index contributed by atoms with van der Waals surface area (Å²) in [5.41, 5.74) is 7.53. The van der Waals surface area contributed by atoms with Gasteiger partial charge in [0.2, 0.25) is 5.91 Å². The summed E-state index contributed by atoms with van der Waals surface area (Å²) in [5, 5.41) is 2.81. The van der Waals surface area contributed by atoms with Crippen molar-refractivity contribution in [2.45, 2.75) is 12.3 Å². The molecule has 0 radical (unpaired) electrons. The van der Waals surface area contributed by atoms with Crippen LogP contribution >= 0.6 is 11.8 Å². The number of benzene rings is 1. The summed E-state index contributed by atoms with van der Waals surface area (Å²) in [6.07, 6.45) is 1.59. The molecule has 0 saturated carbocycles. The Morgan fingerprint density at radius 2 is 2.05 bits per heavy atom. The second-order valence-electron chi connectivity index (χ2n) is 4.09. The van der Waals surface area contributed by atoms with Gasteiger partial charge in [-0.05, 0) is 29.8 Å². The second kappa shape index (κ2) is 6.89. The first-order valence-electron chi connectivity index (χ1n) is 5.95. The molecule has 0 bridgehead atoms. The van der Waals surface area contributed by atoms with E-state index in [2.05, 4.69) is 5.32 Å². The maximum absolute atomic E-state index is 11.6. The van der Waals surface area contributed by atoms with Gasteiger partial charge in [-0.25, -0.2) is 0 Å². The Labute approximate surface area is 116 Å². The fourth-order valence-corrected chi connectivity index (χ4v) is 2.34. The lowest BCUT2D eigenvalue weighted by Gasteiger charge is -2.04. The van der Waals surface area contributed by atoms with E-state index in [0.29, 0.717) is 12.3 Å². The minimum Gasteiger partial charge on any atom is -0.467 e. The van der Waals surface area contributed by atoms with E-state index in [1.807, 2.05) is 30.3 Å². The van der Waals surface area contributed by atoms with Crippen LogP contribution in [0.4, 0.5) is 5.69 Å². The molecule has 0 aliphatic rings. The largest absolute Gasteiger partial charge is 0.467 e. The van der Waals surface area contributed by atoms with E-state index in [1.165, 1.54) is 0 Å². The Hall–Kier alpha value is -1.88. The lowest BCUT2D eigenvalue weighted by molar-refractivity contribution is -0.118. The average Bonchev–Trinajstić information content (AvgIpc) is 2.92. The first kappa shape index (κ1) is 13.5. The third-order valence-electron chi connectivity index (χ3n) is 2.52. The van der Waals surface area contributed by atoms with Crippen LogP contribution in [0.5, 0.6) is 0 Å². The van der Waals surface area contributed by atoms with Gasteiger partial charge in [0.25, 0.3) is 0 Å². The van der Waals surface area contributed by atoms with Crippen molar-refractivity contribution in [3.8, 4) is 0 Å². The van der Waals surface area contributed by atoms with Gasteiger partial charge in [0.05, 0.1) is 18.6 Å². The molecule has 1 heterocycles. The highest BCUT2D eigenvalue weighted by atomic mass is 32.2. The number of nitrogens with one attached hydrogen (secondary N) is 1. The van der Waals surface area contributed by atoms with Crippen LogP contribution in [0.25, 0.3) is 0 Å². The fourth-order valence-electron chi connectivity index (χ4n) is 1.53. The fraction of sp³-hybridized carbons (Fsp3) is 0.214. The Morgan fingerprint density at radius 3 is 2.74 bits per heavy atom. The lowest BCUT2D eigenvalue weighted by atomic mass is 10.2. The summed E-state index contributed by atoms with van der Waals surface area (Å²) in [6.45, 7) is 0.439. The predicted octanol–water partition coefficient (Wildman–Crippen LogP) is 2.41. The first-order valence-corrected chi connectivity index (χ1v) is 7.11. The molecule has 1 amide bonds. The molecule has 1 aromatic heterocycles. The molecule has 0 unspecified atom stereocenters. The molecule has 19 heavy (non-hydrogen) atoms. The number of amides is 1. The standard InChI is InChI=1S/C14H16N2O2S/c15-12-5-3-11(4-6-12)9-19-10-14(17)16-8-13-2-1-7-18-13/h1-7H,8-10,15H2,(H,16,17). The van der Waals surface area contributed by atoms with Crippen molar-refractivity contribution in [2.24, 2.45) is 0 Å². The first-order chi connectivity index (χ1) is 9.24. The topological polar surface area (TPSA) is 68.3 Å². The summed E-state index contributed by atoms with van der Waals surface area (Å²) in [6, 6.07) is 11.3. The highest BCUT2D eigenvalue weighted by Crippen LogP contribution is 2.13. The quantitative estimate of drug-likeness (QED) is 0.795. The summed E-state index contributed by atoms with van der Waals surface area (Å²) in [5.74, 6) is 2.01. The van der Waals surface area contributed by atoms with E-state index in [-0.39, 0.29) is 5.91 Å². The molecule has 3 N–H and O–H groups in total. The van der Waals surface area contributed by atoms with Crippen LogP contribution in [0.3, 0.4) is 0 Å². The van der Waals surface area contributed by atoms with E-state index in [4.69, 9.17) is 10.2 Å². The minimum absolute atomic E-state index is 0.0110. The summed E-state index contributed by atoms with van der Waals surface area (Å²) >= 11 is 1.57. The van der Waals surface area contributed by atoms with Gasteiger partial charge in [-0.3, -0.25) is 4.79 Å². The molecule has 1 aromatic carbocycles. The molecule has 0 aliphatic carbocycles. The molecule has 0 atom stereocenters. The van der Waals surface area contributed by atoms with Crippen molar-refractivity contribution in [3.63, 3.8) is 0 Å². The zero-order valence-corrected chi connectivity index (χ0v) is 11.3. The minimum atomic E-state index is 0.0110. The number of rotatable bonds is 6. The number of carbonyl (C=O) groups excluding carboxylic acids is 1. The number of nitrogens with two attached hydrogens (primary N) is 1. The van der Waals surface area contributed by atoms with E-state index >= 15 is 0 Å². The molecule has 0 fully saturated rings. The van der Waals surface area contributed by atoms with Gasteiger partial charge >= 0.3 is 0 Å². The SMILES string of the molecule is Nc1ccc(CSCC(=O)NCc2ccco2)cc1. The second-order valence-corrected chi connectivity index (χ2v) is 5.08. The number of anilines is 1. The smallest absolute Gasteiger partial charge is 0.230 e. The van der Waals surface area contributed by atoms with Gasteiger partial charge in [-0.2, -0.15) is 0 Å². The number of thioether (sulfide) groups is 1. The molecule has 0 spiro atoms. The normalized spacial score (nSPS) is 10.3. The highest BCUT2D eigenvalue weighted by Gasteiger charge is 2.03. The van der Waals surface area contributed by atoms with Crippen molar-refractivity contribution in [3.05, 3.63) is 54.0 Å². The van der Waals surface area contributed by atoms with Crippen LogP contribution in [0.1, 0.15) is 11.3 Å². The number of hydrogen-bond donors (Lipinski definition) is 2. The van der Waals surface area contributed by atoms with E-state index in [0.717, 1.165) is 22.8 Å². The van der Waals surface area contributed by atoms with E-state index in [9.17, 15) is 4.79 Å². The zero-order chi connectivity index (χ0) is 13.5. The Morgan fingerprint density at radius 1 is 1.26 bits per heavy atom. The van der Waals surface area contributed by atoms with Gasteiger partial charge in [-0.15, -0.1) is 11.8 Å². The molecule has 0 saturated heterocycles. The molecular formula is C14H16N2O2S. The maximum atomic E-state index is 11.6. The highest BCUT2D eigenvalue weighted by molar-refractivity contribution is 7.99. The summed E-state index contributed by atoms with van der Waals surface area (Å²) < 4.78 is 5.14. The number of furan rings is 1. The van der Waals surface area contributed by atoms with Crippen LogP contribution in [0.15, 0.2) is 47.1 Å². The Kier molecular flexibility index (Phi) is 4.92. The number of nitrogen functional groups attached to an aromatic ring is 1. The van der Waals surface area contributed by atoms with Crippen LogP contribution < -0.4 is 11.1 Å². The molecule has 4 nitrogen and oxygen atoms in total. The average molecular weight is 276 g/mol. The van der Waals surface area contributed by atoms with Gasteiger partial charge in [0.1, 0.15) is 5.76 Å². The van der Waals surface area contributed by atoms with Crippen molar-refractivity contribution in [2.75, 3.05) is 11.5 Å². The van der Waals surface area contributed by atoms with E-state index < -0.39 is 0 Å². The van der Waals surface area contributed by atoms with Crippen LogP contribution in [-0.2, 0) is 17.1 Å². The maximum Gasteiger partial charge on any atom is 0.230 e. The van der Waals surface area contributed by atoms with Gasteiger partial charge in [0, 0.05) is 11.4 Å². The van der Waals surface area contributed by atoms with Crippen molar-refractivity contribution in [1.29, 1.82) is 0 Å². The molecule has 2 aromatic rings. The van der Waals surface area contributed by atoms with Crippen LogP contribution in [0.2, 0.25) is 0 Å². The summed E-state index contributed by atoms with van der Waals surface area (Å²) in [7, 11) is 0. The van der Waals surface area contributed by atoms with Crippen molar-refractivity contribution < 1.29 is 9.21 Å².